The number of sulfonamides is 1. The van der Waals surface area contributed by atoms with Crippen LogP contribution in [0.5, 0.6) is 0 Å². The molecule has 1 aliphatic rings. The zero-order valence-corrected chi connectivity index (χ0v) is 16.6. The molecule has 1 saturated heterocycles. The highest BCUT2D eigenvalue weighted by atomic mass is 35.5. The van der Waals surface area contributed by atoms with E-state index in [0.717, 1.165) is 6.07 Å². The Labute approximate surface area is 167 Å². The Bertz CT molecular complexity index is 1070. The quantitative estimate of drug-likeness (QED) is 0.555. The number of nitro groups is 1. The van der Waals surface area contributed by atoms with Crippen LogP contribution in [0.1, 0.15) is 11.1 Å². The van der Waals surface area contributed by atoms with E-state index in [1.54, 1.807) is 25.1 Å². The summed E-state index contributed by atoms with van der Waals surface area (Å²) in [5.74, 6) is 0. The summed E-state index contributed by atoms with van der Waals surface area (Å²) in [5.41, 5.74) is 1.33. The van der Waals surface area contributed by atoms with Crippen molar-refractivity contribution in [3.8, 4) is 6.07 Å². The Hall–Kier alpha value is -2.67. The van der Waals surface area contributed by atoms with Crippen LogP contribution in [0.15, 0.2) is 41.3 Å². The summed E-state index contributed by atoms with van der Waals surface area (Å²) in [7, 11) is -3.86. The Kier molecular flexibility index (Phi) is 5.56. The van der Waals surface area contributed by atoms with E-state index in [1.165, 1.54) is 16.4 Å². The molecular formula is C18H17ClN4O4S. The second-order valence-corrected chi connectivity index (χ2v) is 8.71. The third-order valence-corrected chi connectivity index (χ3v) is 6.93. The van der Waals surface area contributed by atoms with Gasteiger partial charge >= 0.3 is 0 Å². The Morgan fingerprint density at radius 1 is 1.14 bits per heavy atom. The van der Waals surface area contributed by atoms with Crippen LogP contribution < -0.4 is 4.90 Å². The number of anilines is 1. The number of hydrogen-bond donors (Lipinski definition) is 0. The van der Waals surface area contributed by atoms with Gasteiger partial charge in [0.2, 0.25) is 10.0 Å². The molecule has 0 radical (unpaired) electrons. The first kappa shape index (κ1) is 20.1. The van der Waals surface area contributed by atoms with Crippen LogP contribution in [0.25, 0.3) is 0 Å². The van der Waals surface area contributed by atoms with Crippen LogP contribution in [0, 0.1) is 28.4 Å². The zero-order valence-electron chi connectivity index (χ0n) is 15.0. The summed E-state index contributed by atoms with van der Waals surface area (Å²) >= 11 is 5.93. The molecule has 146 valence electrons. The first-order valence-electron chi connectivity index (χ1n) is 8.44. The number of hydrogen-bond acceptors (Lipinski definition) is 6. The molecular weight excluding hydrogens is 404 g/mol. The minimum absolute atomic E-state index is 0.0562. The van der Waals surface area contributed by atoms with E-state index in [9.17, 15) is 23.8 Å². The van der Waals surface area contributed by atoms with Crippen LogP contribution in [-0.4, -0.2) is 43.8 Å². The summed E-state index contributed by atoms with van der Waals surface area (Å²) in [6.07, 6.45) is 0. The van der Waals surface area contributed by atoms with Crippen molar-refractivity contribution >= 4 is 33.0 Å². The summed E-state index contributed by atoms with van der Waals surface area (Å²) in [6, 6.07) is 10.9. The highest BCUT2D eigenvalue weighted by Crippen LogP contribution is 2.28. The van der Waals surface area contributed by atoms with Crippen molar-refractivity contribution in [2.75, 3.05) is 31.1 Å². The summed E-state index contributed by atoms with van der Waals surface area (Å²) in [6.45, 7) is 2.81. The summed E-state index contributed by atoms with van der Waals surface area (Å²) < 4.78 is 27.3. The number of nitriles is 1. The average molecular weight is 421 g/mol. The molecule has 0 aromatic heterocycles. The highest BCUT2D eigenvalue weighted by molar-refractivity contribution is 7.89. The lowest BCUT2D eigenvalue weighted by molar-refractivity contribution is -0.385. The van der Waals surface area contributed by atoms with Crippen molar-refractivity contribution in [3.05, 3.63) is 62.7 Å². The number of aryl methyl sites for hydroxylation is 1. The van der Waals surface area contributed by atoms with Gasteiger partial charge in [-0.2, -0.15) is 9.57 Å². The van der Waals surface area contributed by atoms with E-state index >= 15 is 0 Å². The molecule has 0 aliphatic carbocycles. The maximum Gasteiger partial charge on any atom is 0.270 e. The van der Waals surface area contributed by atoms with E-state index in [1.807, 2.05) is 4.90 Å². The lowest BCUT2D eigenvalue weighted by Crippen LogP contribution is -2.49. The van der Waals surface area contributed by atoms with Gasteiger partial charge in [0, 0.05) is 43.3 Å². The first-order valence-corrected chi connectivity index (χ1v) is 10.3. The van der Waals surface area contributed by atoms with Crippen LogP contribution in [0.3, 0.4) is 0 Å². The van der Waals surface area contributed by atoms with Crippen molar-refractivity contribution in [1.29, 1.82) is 5.26 Å². The number of nitro benzene ring substituents is 1. The SMILES string of the molecule is Cc1ccc([N+](=O)[O-])cc1S(=O)(=O)N1CCN(c2ccc(Cl)cc2C#N)CC1. The molecule has 0 amide bonds. The molecule has 2 aromatic carbocycles. The monoisotopic (exact) mass is 420 g/mol. The van der Waals surface area contributed by atoms with Crippen LogP contribution in [0.2, 0.25) is 5.02 Å². The van der Waals surface area contributed by atoms with Gasteiger partial charge in [-0.05, 0) is 30.7 Å². The van der Waals surface area contributed by atoms with Crippen molar-refractivity contribution in [2.24, 2.45) is 0 Å². The Morgan fingerprint density at radius 2 is 1.82 bits per heavy atom. The predicted octanol–water partition coefficient (Wildman–Crippen LogP) is 2.94. The molecule has 8 nitrogen and oxygen atoms in total. The molecule has 0 spiro atoms. The lowest BCUT2D eigenvalue weighted by atomic mass is 10.1. The van der Waals surface area contributed by atoms with Gasteiger partial charge in [-0.25, -0.2) is 8.42 Å². The molecule has 3 rings (SSSR count). The molecule has 0 unspecified atom stereocenters. The number of piperazine rings is 1. The number of benzene rings is 2. The normalized spacial score (nSPS) is 15.2. The van der Waals surface area contributed by atoms with Gasteiger partial charge in [0.25, 0.3) is 5.69 Å². The molecule has 0 N–H and O–H groups in total. The van der Waals surface area contributed by atoms with Crippen LogP contribution >= 0.6 is 11.6 Å². The summed E-state index contributed by atoms with van der Waals surface area (Å²) in [4.78, 5) is 12.3. The minimum atomic E-state index is -3.86. The number of halogens is 1. The zero-order chi connectivity index (χ0) is 20.5. The molecule has 1 fully saturated rings. The van der Waals surface area contributed by atoms with E-state index < -0.39 is 14.9 Å². The predicted molar refractivity (Wildman–Crippen MR) is 105 cm³/mol. The van der Waals surface area contributed by atoms with Gasteiger partial charge in [0.15, 0.2) is 0 Å². The van der Waals surface area contributed by atoms with Gasteiger partial charge < -0.3 is 4.90 Å². The molecule has 0 saturated carbocycles. The molecule has 0 bridgehead atoms. The van der Waals surface area contributed by atoms with Crippen molar-refractivity contribution < 1.29 is 13.3 Å². The van der Waals surface area contributed by atoms with Gasteiger partial charge in [-0.3, -0.25) is 10.1 Å². The largest absolute Gasteiger partial charge is 0.368 e. The maximum atomic E-state index is 13.0. The topological polar surface area (TPSA) is 108 Å². The molecule has 1 heterocycles. The third kappa shape index (κ3) is 3.80. The molecule has 10 heteroatoms. The van der Waals surface area contributed by atoms with Crippen molar-refractivity contribution in [1.82, 2.24) is 4.31 Å². The first-order chi connectivity index (χ1) is 13.2. The standard InChI is InChI=1S/C18H17ClN4O4S/c1-13-2-4-16(23(24)25)11-18(13)28(26,27)22-8-6-21(7-9-22)17-5-3-15(19)10-14(17)12-20/h2-5,10-11H,6-9H2,1H3. The molecule has 0 atom stereocenters. The molecule has 2 aromatic rings. The van der Waals surface area contributed by atoms with Gasteiger partial charge in [0.1, 0.15) is 6.07 Å². The summed E-state index contributed by atoms with van der Waals surface area (Å²) in [5, 5.41) is 20.8. The van der Waals surface area contributed by atoms with E-state index in [2.05, 4.69) is 6.07 Å². The minimum Gasteiger partial charge on any atom is -0.368 e. The second kappa shape index (κ2) is 7.75. The van der Waals surface area contributed by atoms with Crippen molar-refractivity contribution in [3.63, 3.8) is 0 Å². The maximum absolute atomic E-state index is 13.0. The molecule has 28 heavy (non-hydrogen) atoms. The number of non-ortho nitro benzene ring substituents is 1. The van der Waals surface area contributed by atoms with E-state index in [-0.39, 0.29) is 23.7 Å². The Morgan fingerprint density at radius 3 is 2.43 bits per heavy atom. The van der Waals surface area contributed by atoms with Gasteiger partial charge in [-0.1, -0.05) is 17.7 Å². The fourth-order valence-electron chi connectivity index (χ4n) is 3.16. The smallest absolute Gasteiger partial charge is 0.270 e. The fraction of sp³-hybridized carbons (Fsp3) is 0.278. The van der Waals surface area contributed by atoms with Gasteiger partial charge in [-0.15, -0.1) is 0 Å². The van der Waals surface area contributed by atoms with E-state index in [0.29, 0.717) is 34.9 Å². The highest BCUT2D eigenvalue weighted by Gasteiger charge is 2.31. The van der Waals surface area contributed by atoms with Crippen molar-refractivity contribution in [2.45, 2.75) is 11.8 Å². The lowest BCUT2D eigenvalue weighted by Gasteiger charge is -2.36. The number of nitrogens with zero attached hydrogens (tertiary/aromatic N) is 4. The Balaban J connectivity index is 1.83. The number of rotatable bonds is 4. The van der Waals surface area contributed by atoms with Crippen LogP contribution in [0.4, 0.5) is 11.4 Å². The molecule has 1 aliphatic heterocycles. The van der Waals surface area contributed by atoms with Gasteiger partial charge in [0.05, 0.1) is 21.1 Å². The second-order valence-electron chi connectivity index (χ2n) is 6.37. The fourth-order valence-corrected chi connectivity index (χ4v) is 5.00. The third-order valence-electron chi connectivity index (χ3n) is 4.66. The van der Waals surface area contributed by atoms with E-state index in [4.69, 9.17) is 11.6 Å². The average Bonchev–Trinajstić information content (AvgIpc) is 2.68. The van der Waals surface area contributed by atoms with Crippen LogP contribution in [-0.2, 0) is 10.0 Å².